The molecule has 2 unspecified atom stereocenters. The molecule has 3 fully saturated rings. The molecule has 1 aromatic rings. The summed E-state index contributed by atoms with van der Waals surface area (Å²) in [5.41, 5.74) is 1.26. The first kappa shape index (κ1) is 18.7. The van der Waals surface area contributed by atoms with Crippen LogP contribution in [0.25, 0.3) is 0 Å². The summed E-state index contributed by atoms with van der Waals surface area (Å²) in [4.78, 5) is 26.3. The molecule has 0 radical (unpaired) electrons. The van der Waals surface area contributed by atoms with Crippen molar-refractivity contribution in [1.29, 1.82) is 0 Å². The number of hydrogen-bond donors (Lipinski definition) is 1. The van der Waals surface area contributed by atoms with Crippen molar-refractivity contribution in [3.05, 3.63) is 18.0 Å². The Bertz CT molecular complexity index is 639. The van der Waals surface area contributed by atoms with E-state index >= 15 is 0 Å². The quantitative estimate of drug-likeness (QED) is 0.881. The number of fused-ring (bicyclic) bond motifs is 2. The molecule has 0 aromatic carbocycles. The van der Waals surface area contributed by atoms with E-state index in [2.05, 4.69) is 34.6 Å². The van der Waals surface area contributed by atoms with Crippen molar-refractivity contribution in [2.75, 3.05) is 25.0 Å². The molecule has 2 saturated heterocycles. The van der Waals surface area contributed by atoms with Crippen LogP contribution in [0.5, 0.6) is 0 Å². The third-order valence-electron chi connectivity index (χ3n) is 6.62. The van der Waals surface area contributed by atoms with E-state index in [1.807, 2.05) is 13.8 Å². The highest BCUT2D eigenvalue weighted by molar-refractivity contribution is 5.78. The Hall–Kier alpha value is -1.69. The van der Waals surface area contributed by atoms with Gasteiger partial charge >= 0.3 is 0 Å². The van der Waals surface area contributed by atoms with Gasteiger partial charge in [0.1, 0.15) is 0 Å². The van der Waals surface area contributed by atoms with E-state index in [4.69, 9.17) is 9.97 Å². The number of likely N-dealkylation sites (N-methyl/N-ethyl adjacent to an activating group) is 1. The summed E-state index contributed by atoms with van der Waals surface area (Å²) < 4.78 is 0. The second-order valence-electron chi connectivity index (χ2n) is 9.04. The maximum absolute atomic E-state index is 11.9. The van der Waals surface area contributed by atoms with Crippen LogP contribution in [0.1, 0.15) is 63.9 Å². The SMILES string of the molecule is CC(C)C(=O)NC1CCC(c2cnc(N3C4CCC3CN(C)C4)nc2)CC1. The van der Waals surface area contributed by atoms with Crippen molar-refractivity contribution < 1.29 is 4.79 Å². The van der Waals surface area contributed by atoms with Crippen LogP contribution in [-0.2, 0) is 4.79 Å². The van der Waals surface area contributed by atoms with Crippen molar-refractivity contribution in [2.45, 2.75) is 76.4 Å². The zero-order valence-corrected chi connectivity index (χ0v) is 16.9. The third kappa shape index (κ3) is 3.96. The lowest BCUT2D eigenvalue weighted by molar-refractivity contribution is -0.124. The first-order valence-electron chi connectivity index (χ1n) is 10.6. The monoisotopic (exact) mass is 371 g/mol. The van der Waals surface area contributed by atoms with E-state index in [9.17, 15) is 4.79 Å². The van der Waals surface area contributed by atoms with Crippen molar-refractivity contribution >= 4 is 11.9 Å². The fourth-order valence-electron chi connectivity index (χ4n) is 5.05. The van der Waals surface area contributed by atoms with Crippen LogP contribution in [0.3, 0.4) is 0 Å². The number of amides is 1. The summed E-state index contributed by atoms with van der Waals surface area (Å²) in [6.07, 6.45) is 10.9. The smallest absolute Gasteiger partial charge is 0.225 e. The molecule has 148 valence electrons. The van der Waals surface area contributed by atoms with Crippen LogP contribution in [0.4, 0.5) is 5.95 Å². The molecule has 6 heteroatoms. The molecule has 2 bridgehead atoms. The minimum absolute atomic E-state index is 0.0635. The molecule has 3 heterocycles. The number of hydrogen-bond acceptors (Lipinski definition) is 5. The molecular weight excluding hydrogens is 338 g/mol. The predicted molar refractivity (Wildman–Crippen MR) is 107 cm³/mol. The lowest BCUT2D eigenvalue weighted by Crippen LogP contribution is -2.53. The van der Waals surface area contributed by atoms with Gasteiger partial charge in [0.2, 0.25) is 11.9 Å². The first-order chi connectivity index (χ1) is 13.0. The first-order valence-corrected chi connectivity index (χ1v) is 10.6. The van der Waals surface area contributed by atoms with Crippen molar-refractivity contribution in [3.63, 3.8) is 0 Å². The zero-order chi connectivity index (χ0) is 19.0. The molecule has 27 heavy (non-hydrogen) atoms. The molecule has 3 aliphatic rings. The second kappa shape index (κ2) is 7.74. The van der Waals surface area contributed by atoms with Gasteiger partial charge in [-0.2, -0.15) is 0 Å². The Labute approximate surface area is 162 Å². The average Bonchev–Trinajstić information content (AvgIpc) is 2.93. The number of piperazine rings is 1. The highest BCUT2D eigenvalue weighted by atomic mass is 16.1. The van der Waals surface area contributed by atoms with Crippen LogP contribution in [0.2, 0.25) is 0 Å². The van der Waals surface area contributed by atoms with Gasteiger partial charge in [-0.05, 0) is 57.1 Å². The summed E-state index contributed by atoms with van der Waals surface area (Å²) in [7, 11) is 2.21. The molecule has 1 amide bonds. The van der Waals surface area contributed by atoms with Gasteiger partial charge in [0.15, 0.2) is 0 Å². The molecule has 2 atom stereocenters. The van der Waals surface area contributed by atoms with Gasteiger partial charge in [0, 0.05) is 49.5 Å². The maximum Gasteiger partial charge on any atom is 0.225 e. The number of aromatic nitrogens is 2. The summed E-state index contributed by atoms with van der Waals surface area (Å²) in [5, 5.41) is 3.18. The van der Waals surface area contributed by atoms with E-state index in [-0.39, 0.29) is 11.8 Å². The normalized spacial score (nSPS) is 31.3. The Kier molecular flexibility index (Phi) is 5.35. The van der Waals surface area contributed by atoms with Crippen LogP contribution in [0, 0.1) is 5.92 Å². The summed E-state index contributed by atoms with van der Waals surface area (Å²) in [6, 6.07) is 1.47. The van der Waals surface area contributed by atoms with Crippen molar-refractivity contribution in [1.82, 2.24) is 20.2 Å². The highest BCUT2D eigenvalue weighted by Gasteiger charge is 2.40. The Morgan fingerprint density at radius 2 is 1.63 bits per heavy atom. The molecule has 1 aliphatic carbocycles. The molecule has 0 spiro atoms. The Balaban J connectivity index is 1.35. The highest BCUT2D eigenvalue weighted by Crippen LogP contribution is 2.35. The minimum Gasteiger partial charge on any atom is -0.353 e. The van der Waals surface area contributed by atoms with Gasteiger partial charge in [0.25, 0.3) is 0 Å². The largest absolute Gasteiger partial charge is 0.353 e. The molecular formula is C21H33N5O. The van der Waals surface area contributed by atoms with Crippen molar-refractivity contribution in [3.8, 4) is 0 Å². The van der Waals surface area contributed by atoms with Crippen LogP contribution >= 0.6 is 0 Å². The topological polar surface area (TPSA) is 61.4 Å². The fourth-order valence-corrected chi connectivity index (χ4v) is 5.05. The van der Waals surface area contributed by atoms with E-state index in [0.29, 0.717) is 24.0 Å². The number of carbonyl (C=O) groups excluding carboxylic acids is 1. The van der Waals surface area contributed by atoms with Crippen LogP contribution in [0.15, 0.2) is 12.4 Å². The lowest BCUT2D eigenvalue weighted by atomic mass is 9.82. The third-order valence-corrected chi connectivity index (χ3v) is 6.62. The van der Waals surface area contributed by atoms with Gasteiger partial charge in [0.05, 0.1) is 0 Å². The average molecular weight is 372 g/mol. The van der Waals surface area contributed by atoms with Crippen molar-refractivity contribution in [2.24, 2.45) is 5.92 Å². The standard InChI is InChI=1S/C21H33N5O/c1-14(2)20(27)24-17-6-4-15(5-7-17)16-10-22-21(23-11-16)26-18-8-9-19(26)13-25(3)12-18/h10-11,14-15,17-19H,4-9,12-13H2,1-3H3,(H,24,27). The minimum atomic E-state index is 0.0635. The number of likely N-dealkylation sites (tertiary alicyclic amines) is 1. The van der Waals surface area contributed by atoms with E-state index in [1.54, 1.807) is 0 Å². The Morgan fingerprint density at radius 1 is 1.04 bits per heavy atom. The summed E-state index contributed by atoms with van der Waals surface area (Å²) in [5.74, 6) is 1.68. The fraction of sp³-hybridized carbons (Fsp3) is 0.762. The number of carbonyl (C=O) groups is 1. The molecule has 1 N–H and O–H groups in total. The van der Waals surface area contributed by atoms with Crippen LogP contribution in [-0.4, -0.2) is 59.0 Å². The number of anilines is 1. The van der Waals surface area contributed by atoms with E-state index in [1.165, 1.54) is 18.4 Å². The molecule has 1 aromatic heterocycles. The van der Waals surface area contributed by atoms with Gasteiger partial charge in [-0.25, -0.2) is 9.97 Å². The van der Waals surface area contributed by atoms with Gasteiger partial charge in [-0.15, -0.1) is 0 Å². The van der Waals surface area contributed by atoms with Gasteiger partial charge in [-0.1, -0.05) is 13.8 Å². The number of nitrogens with zero attached hydrogens (tertiary/aromatic N) is 4. The van der Waals surface area contributed by atoms with Gasteiger partial charge in [-0.3, -0.25) is 4.79 Å². The molecule has 1 saturated carbocycles. The summed E-state index contributed by atoms with van der Waals surface area (Å²) >= 11 is 0. The van der Waals surface area contributed by atoms with E-state index in [0.717, 1.165) is 44.7 Å². The second-order valence-corrected chi connectivity index (χ2v) is 9.04. The molecule has 6 nitrogen and oxygen atoms in total. The predicted octanol–water partition coefficient (Wildman–Crippen LogP) is 2.56. The number of rotatable bonds is 4. The Morgan fingerprint density at radius 3 is 2.19 bits per heavy atom. The molecule has 4 rings (SSSR count). The summed E-state index contributed by atoms with van der Waals surface area (Å²) in [6.45, 7) is 6.14. The zero-order valence-electron chi connectivity index (χ0n) is 16.9. The number of nitrogens with one attached hydrogen (secondary N) is 1. The molecule has 2 aliphatic heterocycles. The lowest BCUT2D eigenvalue weighted by Gasteiger charge is -2.39. The van der Waals surface area contributed by atoms with Crippen LogP contribution < -0.4 is 10.2 Å². The van der Waals surface area contributed by atoms with Gasteiger partial charge < -0.3 is 15.1 Å². The maximum atomic E-state index is 11.9. The van der Waals surface area contributed by atoms with E-state index < -0.39 is 0 Å².